The zero-order valence-corrected chi connectivity index (χ0v) is 18.2. The minimum atomic E-state index is -0.544. The monoisotopic (exact) mass is 464 g/mol. The second-order valence-electron chi connectivity index (χ2n) is 6.26. The first kappa shape index (κ1) is 20.4. The van der Waals surface area contributed by atoms with Crippen molar-refractivity contribution in [3.8, 4) is 5.75 Å². The van der Waals surface area contributed by atoms with Gasteiger partial charge in [0.2, 0.25) is 0 Å². The first-order chi connectivity index (χ1) is 13.4. The first-order valence-electron chi connectivity index (χ1n) is 8.82. The van der Waals surface area contributed by atoms with Crippen LogP contribution in [0.3, 0.4) is 0 Å². The quantitative estimate of drug-likeness (QED) is 0.612. The largest absolute Gasteiger partial charge is 0.489 e. The van der Waals surface area contributed by atoms with Gasteiger partial charge in [0.05, 0.1) is 18.2 Å². The number of ether oxygens (including phenoxy) is 2. The van der Waals surface area contributed by atoms with E-state index in [1.54, 1.807) is 13.8 Å². The standard InChI is InChI=1S/C20H21BrN2O4S/c1-4-26-19(24)17-11(2)22-20(25)23-18(17)16-9-13(12(3)28-16)10-27-15-7-5-14(21)6-8-15/h5-9,18H,4,10H2,1-3H3,(H2,22,23,25). The zero-order chi connectivity index (χ0) is 20.3. The van der Waals surface area contributed by atoms with Gasteiger partial charge in [-0.1, -0.05) is 15.9 Å². The smallest absolute Gasteiger partial charge is 0.338 e. The molecule has 0 spiro atoms. The highest BCUT2D eigenvalue weighted by atomic mass is 79.9. The van der Waals surface area contributed by atoms with Gasteiger partial charge in [-0.15, -0.1) is 11.3 Å². The van der Waals surface area contributed by atoms with Crippen LogP contribution in [0.15, 0.2) is 46.1 Å². The Morgan fingerprint density at radius 2 is 1.96 bits per heavy atom. The van der Waals surface area contributed by atoms with Crippen molar-refractivity contribution in [1.29, 1.82) is 0 Å². The van der Waals surface area contributed by atoms with Gasteiger partial charge in [-0.25, -0.2) is 9.59 Å². The van der Waals surface area contributed by atoms with Crippen LogP contribution < -0.4 is 15.4 Å². The number of halogens is 1. The third-order valence-electron chi connectivity index (χ3n) is 4.30. The lowest BCUT2D eigenvalue weighted by atomic mass is 10.0. The number of hydrogen-bond acceptors (Lipinski definition) is 5. The lowest BCUT2D eigenvalue weighted by Crippen LogP contribution is -2.45. The summed E-state index contributed by atoms with van der Waals surface area (Å²) in [4.78, 5) is 26.3. The average molecular weight is 465 g/mol. The number of amides is 2. The van der Waals surface area contributed by atoms with E-state index in [0.717, 1.165) is 25.5 Å². The number of aryl methyl sites for hydroxylation is 1. The van der Waals surface area contributed by atoms with Crippen LogP contribution in [0.2, 0.25) is 0 Å². The summed E-state index contributed by atoms with van der Waals surface area (Å²) in [5, 5.41) is 5.47. The van der Waals surface area contributed by atoms with Gasteiger partial charge < -0.3 is 20.1 Å². The molecule has 148 valence electrons. The first-order valence-corrected chi connectivity index (χ1v) is 10.4. The molecule has 2 N–H and O–H groups in total. The number of nitrogens with one attached hydrogen (secondary N) is 2. The average Bonchev–Trinajstić information content (AvgIpc) is 3.01. The second kappa shape index (κ2) is 8.79. The molecule has 1 atom stereocenters. The summed E-state index contributed by atoms with van der Waals surface area (Å²) >= 11 is 4.93. The summed E-state index contributed by atoms with van der Waals surface area (Å²) in [7, 11) is 0. The highest BCUT2D eigenvalue weighted by Gasteiger charge is 2.33. The highest BCUT2D eigenvalue weighted by molar-refractivity contribution is 9.10. The lowest BCUT2D eigenvalue weighted by molar-refractivity contribution is -0.139. The molecular formula is C20H21BrN2O4S. The molecule has 2 aromatic rings. The summed E-state index contributed by atoms with van der Waals surface area (Å²) in [6, 6.07) is 8.72. The topological polar surface area (TPSA) is 76.7 Å². The van der Waals surface area contributed by atoms with Crippen molar-refractivity contribution in [2.75, 3.05) is 6.61 Å². The number of hydrogen-bond donors (Lipinski definition) is 2. The Bertz CT molecular complexity index is 921. The summed E-state index contributed by atoms with van der Waals surface area (Å²) < 4.78 is 12.0. The molecule has 1 aliphatic heterocycles. The summed E-state index contributed by atoms with van der Waals surface area (Å²) in [5.74, 6) is 0.338. The molecule has 0 saturated carbocycles. The maximum atomic E-state index is 12.4. The van der Waals surface area contributed by atoms with Crippen LogP contribution >= 0.6 is 27.3 Å². The maximum absolute atomic E-state index is 12.4. The molecule has 2 amide bonds. The third-order valence-corrected chi connectivity index (χ3v) is 5.98. The van der Waals surface area contributed by atoms with E-state index < -0.39 is 12.0 Å². The third kappa shape index (κ3) is 4.56. The van der Waals surface area contributed by atoms with Gasteiger partial charge in [-0.2, -0.15) is 0 Å². The Labute approximate surface area is 176 Å². The fourth-order valence-corrected chi connectivity index (χ4v) is 4.27. The SMILES string of the molecule is CCOC(=O)C1=C(C)NC(=O)NC1c1cc(COc2ccc(Br)cc2)c(C)s1. The Morgan fingerprint density at radius 3 is 2.64 bits per heavy atom. The van der Waals surface area contributed by atoms with Crippen molar-refractivity contribution >= 4 is 39.3 Å². The number of carbonyl (C=O) groups excluding carboxylic acids is 2. The van der Waals surface area contributed by atoms with Gasteiger partial charge in [-0.05, 0) is 51.1 Å². The van der Waals surface area contributed by atoms with Crippen molar-refractivity contribution in [2.45, 2.75) is 33.4 Å². The van der Waals surface area contributed by atoms with Crippen LogP contribution in [-0.4, -0.2) is 18.6 Å². The predicted octanol–water partition coefficient (Wildman–Crippen LogP) is 4.59. The minimum absolute atomic E-state index is 0.270. The zero-order valence-electron chi connectivity index (χ0n) is 15.8. The molecule has 28 heavy (non-hydrogen) atoms. The number of rotatable bonds is 6. The minimum Gasteiger partial charge on any atom is -0.489 e. The number of benzene rings is 1. The normalized spacial score (nSPS) is 16.4. The van der Waals surface area contributed by atoms with Gasteiger partial charge in [0.15, 0.2) is 0 Å². The van der Waals surface area contributed by atoms with E-state index in [2.05, 4.69) is 26.6 Å². The second-order valence-corrected chi connectivity index (χ2v) is 8.47. The molecule has 3 rings (SSSR count). The molecule has 1 unspecified atom stereocenters. The van der Waals surface area contributed by atoms with Crippen LogP contribution in [0.5, 0.6) is 5.75 Å². The molecular weight excluding hydrogens is 444 g/mol. The summed E-state index contributed by atoms with van der Waals surface area (Å²) in [6.07, 6.45) is 0. The number of urea groups is 1. The van der Waals surface area contributed by atoms with E-state index in [1.807, 2.05) is 37.3 Å². The van der Waals surface area contributed by atoms with Crippen molar-refractivity contribution in [3.63, 3.8) is 0 Å². The van der Waals surface area contributed by atoms with Crippen molar-refractivity contribution in [2.24, 2.45) is 0 Å². The van der Waals surface area contributed by atoms with Gasteiger partial charge in [0.25, 0.3) is 0 Å². The predicted molar refractivity (Wildman–Crippen MR) is 111 cm³/mol. The fraction of sp³-hybridized carbons (Fsp3) is 0.300. The number of allylic oxidation sites excluding steroid dienone is 1. The molecule has 0 fully saturated rings. The Hall–Kier alpha value is -2.32. The molecule has 1 aromatic heterocycles. The molecule has 1 aliphatic rings. The van der Waals surface area contributed by atoms with Crippen LogP contribution in [0.4, 0.5) is 4.79 Å². The van der Waals surface area contributed by atoms with E-state index in [-0.39, 0.29) is 12.6 Å². The van der Waals surface area contributed by atoms with E-state index in [4.69, 9.17) is 9.47 Å². The molecule has 0 aliphatic carbocycles. The number of thiophene rings is 1. The molecule has 6 nitrogen and oxygen atoms in total. The Kier molecular flexibility index (Phi) is 6.41. The van der Waals surface area contributed by atoms with Crippen molar-refractivity contribution in [1.82, 2.24) is 10.6 Å². The van der Waals surface area contributed by atoms with Gasteiger partial charge >= 0.3 is 12.0 Å². The molecule has 1 aromatic carbocycles. The van der Waals surface area contributed by atoms with E-state index in [9.17, 15) is 9.59 Å². The van der Waals surface area contributed by atoms with Crippen molar-refractivity contribution < 1.29 is 19.1 Å². The van der Waals surface area contributed by atoms with Crippen molar-refractivity contribution in [3.05, 3.63) is 61.4 Å². The molecule has 0 bridgehead atoms. The van der Waals surface area contributed by atoms with E-state index in [1.165, 1.54) is 11.3 Å². The summed E-state index contributed by atoms with van der Waals surface area (Å²) in [5.41, 5.74) is 1.94. The lowest BCUT2D eigenvalue weighted by Gasteiger charge is -2.27. The van der Waals surface area contributed by atoms with Crippen LogP contribution in [0, 0.1) is 6.92 Å². The van der Waals surface area contributed by atoms with E-state index in [0.29, 0.717) is 17.9 Å². The molecule has 2 heterocycles. The highest BCUT2D eigenvalue weighted by Crippen LogP contribution is 2.34. The number of esters is 1. The summed E-state index contributed by atoms with van der Waals surface area (Å²) in [6.45, 7) is 6.13. The van der Waals surface area contributed by atoms with Crippen LogP contribution in [0.1, 0.15) is 35.2 Å². The molecule has 8 heteroatoms. The van der Waals surface area contributed by atoms with Crippen LogP contribution in [0.25, 0.3) is 0 Å². The van der Waals surface area contributed by atoms with Gasteiger partial charge in [-0.3, -0.25) is 0 Å². The Balaban J connectivity index is 1.83. The number of carbonyl (C=O) groups is 2. The van der Waals surface area contributed by atoms with Gasteiger partial charge in [0, 0.05) is 25.5 Å². The Morgan fingerprint density at radius 1 is 1.25 bits per heavy atom. The van der Waals surface area contributed by atoms with Gasteiger partial charge in [0.1, 0.15) is 12.4 Å². The molecule has 0 saturated heterocycles. The maximum Gasteiger partial charge on any atom is 0.338 e. The fourth-order valence-electron chi connectivity index (χ4n) is 2.91. The van der Waals surface area contributed by atoms with E-state index >= 15 is 0 Å². The van der Waals surface area contributed by atoms with Crippen LogP contribution in [-0.2, 0) is 16.1 Å². The molecule has 0 radical (unpaired) electrons.